The first-order chi connectivity index (χ1) is 16.7. The molecular formula is C29H26N4O2. The number of nitrogens with two attached hydrogens (primary N) is 1. The quantitative estimate of drug-likeness (QED) is 0.680. The van der Waals surface area contributed by atoms with E-state index in [0.717, 1.165) is 11.3 Å². The van der Waals surface area contributed by atoms with Crippen LogP contribution < -0.4 is 15.5 Å². The van der Waals surface area contributed by atoms with Crippen LogP contribution in [0.3, 0.4) is 0 Å². The number of hydrogen-bond donors (Lipinski definition) is 1. The van der Waals surface area contributed by atoms with E-state index in [1.54, 1.807) is 17.0 Å². The highest BCUT2D eigenvalue weighted by Gasteiger charge is 2.63. The molecule has 2 N–H and O–H groups in total. The minimum Gasteiger partial charge on any atom is -0.384 e. The fourth-order valence-electron chi connectivity index (χ4n) is 5.79. The average molecular weight is 463 g/mol. The molecule has 2 aliphatic heterocycles. The van der Waals surface area contributed by atoms with Crippen LogP contribution in [0.15, 0.2) is 71.2 Å². The molecule has 1 amide bonds. The molecule has 2 heterocycles. The summed E-state index contributed by atoms with van der Waals surface area (Å²) in [5, 5.41) is 10.5. The summed E-state index contributed by atoms with van der Waals surface area (Å²) in [6.07, 6.45) is 6.40. The lowest BCUT2D eigenvalue weighted by molar-refractivity contribution is -0.125. The van der Waals surface area contributed by atoms with E-state index in [9.17, 15) is 14.9 Å². The molecule has 0 saturated carbocycles. The Morgan fingerprint density at radius 1 is 1.09 bits per heavy atom. The summed E-state index contributed by atoms with van der Waals surface area (Å²) < 4.78 is 0. The lowest BCUT2D eigenvalue weighted by atomic mass is 9.60. The number of nitriles is 1. The molecule has 2 aromatic carbocycles. The number of aryl methyl sites for hydroxylation is 1. The van der Waals surface area contributed by atoms with E-state index in [1.165, 1.54) is 4.90 Å². The number of rotatable bonds is 2. The van der Waals surface area contributed by atoms with Crippen LogP contribution in [0.4, 0.5) is 11.4 Å². The number of para-hydroxylation sites is 1. The number of carbonyl (C=O) groups excluding carboxylic acids is 2. The van der Waals surface area contributed by atoms with Crippen LogP contribution in [0.2, 0.25) is 0 Å². The van der Waals surface area contributed by atoms with Gasteiger partial charge in [0.1, 0.15) is 17.3 Å². The van der Waals surface area contributed by atoms with E-state index < -0.39 is 11.3 Å². The summed E-state index contributed by atoms with van der Waals surface area (Å²) in [6, 6.07) is 17.2. The minimum atomic E-state index is -1.61. The molecule has 5 rings (SSSR count). The molecule has 0 saturated heterocycles. The summed E-state index contributed by atoms with van der Waals surface area (Å²) in [4.78, 5) is 31.5. The number of terminal acetylenes is 1. The maximum Gasteiger partial charge on any atom is 0.248 e. The van der Waals surface area contributed by atoms with Crippen molar-refractivity contribution in [2.45, 2.75) is 39.0 Å². The first-order valence-corrected chi connectivity index (χ1v) is 11.6. The highest BCUT2D eigenvalue weighted by molar-refractivity contribution is 6.21. The molecule has 0 fully saturated rings. The molecule has 6 heteroatoms. The maximum absolute atomic E-state index is 14.3. The van der Waals surface area contributed by atoms with Crippen molar-refractivity contribution in [1.29, 1.82) is 5.26 Å². The summed E-state index contributed by atoms with van der Waals surface area (Å²) in [5.41, 5.74) is 8.85. The highest BCUT2D eigenvalue weighted by atomic mass is 16.2. The number of allylic oxidation sites excluding steroid dienone is 1. The number of fused-ring (bicyclic) bond motifs is 3. The molecule has 0 aromatic heterocycles. The first-order valence-electron chi connectivity index (χ1n) is 11.6. The van der Waals surface area contributed by atoms with E-state index in [0.29, 0.717) is 28.9 Å². The van der Waals surface area contributed by atoms with Crippen molar-refractivity contribution in [3.8, 4) is 18.4 Å². The van der Waals surface area contributed by atoms with Crippen molar-refractivity contribution in [2.75, 3.05) is 16.3 Å². The Morgan fingerprint density at radius 3 is 2.43 bits per heavy atom. The summed E-state index contributed by atoms with van der Waals surface area (Å²) >= 11 is 0. The number of hydrogen-bond acceptors (Lipinski definition) is 5. The van der Waals surface area contributed by atoms with Crippen LogP contribution in [0.5, 0.6) is 0 Å². The van der Waals surface area contributed by atoms with E-state index in [4.69, 9.17) is 12.2 Å². The first kappa shape index (κ1) is 22.5. The predicted octanol–water partition coefficient (Wildman–Crippen LogP) is 4.07. The Hall–Kier alpha value is -4.29. The van der Waals surface area contributed by atoms with Crippen LogP contribution in [-0.2, 0) is 15.0 Å². The molecule has 1 atom stereocenters. The van der Waals surface area contributed by atoms with Gasteiger partial charge in [0.2, 0.25) is 5.91 Å². The van der Waals surface area contributed by atoms with Gasteiger partial charge in [-0.05, 0) is 37.0 Å². The predicted molar refractivity (Wildman–Crippen MR) is 135 cm³/mol. The molecule has 0 bridgehead atoms. The minimum absolute atomic E-state index is 0.0280. The van der Waals surface area contributed by atoms with Crippen LogP contribution in [0.1, 0.15) is 37.8 Å². The second-order valence-electron chi connectivity index (χ2n) is 10.2. The van der Waals surface area contributed by atoms with E-state index in [2.05, 4.69) is 12.0 Å². The van der Waals surface area contributed by atoms with Crippen molar-refractivity contribution in [3.05, 3.63) is 82.3 Å². The van der Waals surface area contributed by atoms with E-state index in [1.807, 2.05) is 57.2 Å². The third kappa shape index (κ3) is 2.97. The van der Waals surface area contributed by atoms with Crippen LogP contribution in [0, 0.1) is 36.0 Å². The van der Waals surface area contributed by atoms with Crippen LogP contribution in [0.25, 0.3) is 0 Å². The Bertz CT molecular complexity index is 1430. The van der Waals surface area contributed by atoms with Gasteiger partial charge in [-0.3, -0.25) is 19.4 Å². The van der Waals surface area contributed by atoms with Crippen molar-refractivity contribution in [3.63, 3.8) is 0 Å². The molecule has 1 aliphatic carbocycles. The Balaban J connectivity index is 1.90. The molecule has 0 radical (unpaired) electrons. The zero-order valence-electron chi connectivity index (χ0n) is 20.1. The van der Waals surface area contributed by atoms with Crippen molar-refractivity contribution >= 4 is 23.1 Å². The molecule has 2 aromatic rings. The van der Waals surface area contributed by atoms with Crippen LogP contribution >= 0.6 is 0 Å². The normalized spacial score (nSPS) is 22.8. The van der Waals surface area contributed by atoms with Gasteiger partial charge in [0.25, 0.3) is 0 Å². The lowest BCUT2D eigenvalue weighted by Gasteiger charge is -2.47. The topological polar surface area (TPSA) is 90.4 Å². The van der Waals surface area contributed by atoms with Gasteiger partial charge in [-0.25, -0.2) is 0 Å². The third-order valence-corrected chi connectivity index (χ3v) is 7.19. The maximum atomic E-state index is 14.3. The standard InChI is InChI=1S/C29H26N4O2/c1-5-14-32-22-9-7-6-8-20(22)29(27(32)35)21(17-30)26(31)33(19-12-10-18(2)11-13-19)23-15-28(3,4)16-24(34)25(23)29/h1,6-13H,14-16,31H2,2-4H3. The fourth-order valence-corrected chi connectivity index (χ4v) is 5.79. The van der Waals surface area contributed by atoms with Gasteiger partial charge in [0.15, 0.2) is 5.78 Å². The van der Waals surface area contributed by atoms with Gasteiger partial charge in [-0.2, -0.15) is 5.26 Å². The molecule has 6 nitrogen and oxygen atoms in total. The number of nitrogens with zero attached hydrogens (tertiary/aromatic N) is 3. The van der Waals surface area contributed by atoms with Crippen molar-refractivity contribution in [2.24, 2.45) is 11.1 Å². The summed E-state index contributed by atoms with van der Waals surface area (Å²) in [7, 11) is 0. The van der Waals surface area contributed by atoms with Gasteiger partial charge >= 0.3 is 0 Å². The largest absolute Gasteiger partial charge is 0.384 e. The second-order valence-corrected chi connectivity index (χ2v) is 10.2. The Labute approximate surface area is 205 Å². The molecule has 174 valence electrons. The van der Waals surface area contributed by atoms with Gasteiger partial charge in [0, 0.05) is 34.6 Å². The molecular weight excluding hydrogens is 436 g/mol. The van der Waals surface area contributed by atoms with Gasteiger partial charge in [-0.1, -0.05) is 55.7 Å². The Morgan fingerprint density at radius 2 is 1.77 bits per heavy atom. The number of amides is 1. The average Bonchev–Trinajstić information content (AvgIpc) is 3.03. The van der Waals surface area contributed by atoms with Crippen molar-refractivity contribution < 1.29 is 9.59 Å². The molecule has 1 spiro atoms. The summed E-state index contributed by atoms with van der Waals surface area (Å²) in [5.74, 6) is 2.15. The lowest BCUT2D eigenvalue weighted by Crippen LogP contribution is -2.53. The monoisotopic (exact) mass is 462 g/mol. The smallest absolute Gasteiger partial charge is 0.248 e. The van der Waals surface area contributed by atoms with Crippen molar-refractivity contribution in [1.82, 2.24) is 0 Å². The SMILES string of the molecule is C#CCN1C(=O)C2(C(C#N)=C(N)N(c3ccc(C)cc3)C3=C2C(=O)CC(C)(C)C3)c2ccccc21. The third-order valence-electron chi connectivity index (χ3n) is 7.19. The van der Waals surface area contributed by atoms with Gasteiger partial charge < -0.3 is 5.73 Å². The fraction of sp³-hybridized carbons (Fsp3) is 0.276. The Kier molecular flexibility index (Phi) is 4.90. The molecule has 3 aliphatic rings. The molecule has 35 heavy (non-hydrogen) atoms. The highest BCUT2D eigenvalue weighted by Crippen LogP contribution is 2.58. The number of anilines is 2. The number of carbonyl (C=O) groups is 2. The number of benzene rings is 2. The molecule has 1 unspecified atom stereocenters. The zero-order chi connectivity index (χ0) is 25.1. The van der Waals surface area contributed by atoms with E-state index >= 15 is 0 Å². The number of Topliss-reactive ketones (excluding diaryl/α,β-unsaturated/α-hetero) is 1. The summed E-state index contributed by atoms with van der Waals surface area (Å²) in [6.45, 7) is 6.08. The van der Waals surface area contributed by atoms with E-state index in [-0.39, 0.29) is 35.6 Å². The number of ketones is 1. The van der Waals surface area contributed by atoms with Crippen LogP contribution in [-0.4, -0.2) is 18.2 Å². The zero-order valence-corrected chi connectivity index (χ0v) is 20.1. The van der Waals surface area contributed by atoms with Gasteiger partial charge in [0.05, 0.1) is 12.1 Å². The van der Waals surface area contributed by atoms with Gasteiger partial charge in [-0.15, -0.1) is 6.42 Å². The second kappa shape index (κ2) is 7.61.